The van der Waals surface area contributed by atoms with E-state index < -0.39 is 42.2 Å². The van der Waals surface area contributed by atoms with Crippen molar-refractivity contribution in [2.75, 3.05) is 6.61 Å². The Morgan fingerprint density at radius 3 is 2.52 bits per heavy atom. The van der Waals surface area contributed by atoms with Crippen LogP contribution in [-0.4, -0.2) is 23.9 Å². The second-order valence-corrected chi connectivity index (χ2v) is 4.68. The quantitative estimate of drug-likeness (QED) is 0.313. The SMILES string of the molecule is CCOC(=O)Cc1cc(C(F)F)c(I)nc1OC(F)(F)F. The first kappa shape index (κ1) is 17.9. The number of carbonyl (C=O) groups is 1. The number of aromatic nitrogens is 1. The van der Waals surface area contributed by atoms with Crippen LogP contribution in [0, 0.1) is 3.70 Å². The molecule has 0 spiro atoms. The first-order chi connectivity index (χ1) is 9.64. The fourth-order valence-electron chi connectivity index (χ4n) is 1.38. The van der Waals surface area contributed by atoms with Crippen molar-refractivity contribution in [3.05, 3.63) is 20.9 Å². The molecule has 21 heavy (non-hydrogen) atoms. The third kappa shape index (κ3) is 5.59. The minimum atomic E-state index is -5.05. The minimum absolute atomic E-state index is 0.00773. The van der Waals surface area contributed by atoms with Gasteiger partial charge in [-0.1, -0.05) is 0 Å². The highest BCUT2D eigenvalue weighted by Crippen LogP contribution is 2.31. The molecule has 1 aromatic rings. The topological polar surface area (TPSA) is 48.4 Å². The smallest absolute Gasteiger partial charge is 0.466 e. The van der Waals surface area contributed by atoms with E-state index >= 15 is 0 Å². The zero-order valence-electron chi connectivity index (χ0n) is 10.5. The molecular formula is C11H9F5INO3. The number of carbonyl (C=O) groups excluding carboxylic acids is 1. The van der Waals surface area contributed by atoms with E-state index in [4.69, 9.17) is 0 Å². The number of hydrogen-bond donors (Lipinski definition) is 0. The fraction of sp³-hybridized carbons (Fsp3) is 0.455. The van der Waals surface area contributed by atoms with Crippen molar-refractivity contribution < 1.29 is 36.2 Å². The second kappa shape index (κ2) is 7.18. The molecule has 0 unspecified atom stereocenters. The van der Waals surface area contributed by atoms with Crippen molar-refractivity contribution in [1.82, 2.24) is 4.98 Å². The van der Waals surface area contributed by atoms with Crippen LogP contribution < -0.4 is 4.74 Å². The summed E-state index contributed by atoms with van der Waals surface area (Å²) in [5.41, 5.74) is -0.995. The van der Waals surface area contributed by atoms with Crippen molar-refractivity contribution in [2.45, 2.75) is 26.1 Å². The number of pyridine rings is 1. The summed E-state index contributed by atoms with van der Waals surface area (Å²) in [5, 5.41) is 0. The van der Waals surface area contributed by atoms with Gasteiger partial charge in [0.15, 0.2) is 0 Å². The molecule has 0 atom stereocenters. The van der Waals surface area contributed by atoms with E-state index in [2.05, 4.69) is 14.5 Å². The van der Waals surface area contributed by atoms with Crippen molar-refractivity contribution in [1.29, 1.82) is 0 Å². The Kier molecular flexibility index (Phi) is 6.10. The number of esters is 1. The Bertz CT molecular complexity index is 521. The molecule has 0 fully saturated rings. The highest BCUT2D eigenvalue weighted by atomic mass is 127. The Morgan fingerprint density at radius 1 is 1.43 bits per heavy atom. The highest BCUT2D eigenvalue weighted by Gasteiger charge is 2.34. The number of hydrogen-bond acceptors (Lipinski definition) is 4. The molecule has 0 aromatic carbocycles. The van der Waals surface area contributed by atoms with E-state index in [1.54, 1.807) is 0 Å². The molecule has 1 rings (SSSR count). The van der Waals surface area contributed by atoms with E-state index in [-0.39, 0.29) is 10.3 Å². The van der Waals surface area contributed by atoms with Crippen LogP contribution in [-0.2, 0) is 16.0 Å². The van der Waals surface area contributed by atoms with Crippen molar-refractivity contribution in [2.24, 2.45) is 0 Å². The van der Waals surface area contributed by atoms with Gasteiger partial charge in [0.2, 0.25) is 5.88 Å². The molecule has 0 aliphatic rings. The van der Waals surface area contributed by atoms with E-state index in [0.717, 1.165) is 6.07 Å². The largest absolute Gasteiger partial charge is 0.574 e. The van der Waals surface area contributed by atoms with Gasteiger partial charge in [-0.15, -0.1) is 13.2 Å². The second-order valence-electron chi connectivity index (χ2n) is 3.66. The van der Waals surface area contributed by atoms with Crippen LogP contribution in [0.2, 0.25) is 0 Å². The first-order valence-corrected chi connectivity index (χ1v) is 6.60. The van der Waals surface area contributed by atoms with E-state index in [0.29, 0.717) is 0 Å². The molecule has 4 nitrogen and oxygen atoms in total. The predicted molar refractivity (Wildman–Crippen MR) is 68.9 cm³/mol. The minimum Gasteiger partial charge on any atom is -0.466 e. The Morgan fingerprint density at radius 2 is 2.05 bits per heavy atom. The molecular weight excluding hydrogens is 416 g/mol. The van der Waals surface area contributed by atoms with E-state index in [9.17, 15) is 26.7 Å². The summed E-state index contributed by atoms with van der Waals surface area (Å²) in [4.78, 5) is 14.7. The lowest BCUT2D eigenvalue weighted by Crippen LogP contribution is -2.20. The monoisotopic (exact) mass is 425 g/mol. The van der Waals surface area contributed by atoms with Gasteiger partial charge in [0.1, 0.15) is 3.70 Å². The number of alkyl halides is 5. The molecule has 0 saturated carbocycles. The summed E-state index contributed by atoms with van der Waals surface area (Å²) in [6.07, 6.45) is -8.64. The molecule has 1 heterocycles. The molecule has 118 valence electrons. The molecule has 0 saturated heterocycles. The fourth-order valence-corrected chi connectivity index (χ4v) is 1.99. The standard InChI is InChI=1S/C11H9F5INO3/c1-2-20-7(19)4-5-3-6(8(12)13)9(17)18-10(5)21-11(14,15)16/h3,8H,2,4H2,1H3. The average Bonchev–Trinajstić information content (AvgIpc) is 2.30. The third-order valence-corrected chi connectivity index (χ3v) is 2.99. The van der Waals surface area contributed by atoms with Crippen LogP contribution in [0.3, 0.4) is 0 Å². The van der Waals surface area contributed by atoms with Gasteiger partial charge in [0.05, 0.1) is 18.6 Å². The summed E-state index contributed by atoms with van der Waals surface area (Å²) in [6.45, 7) is 1.51. The molecule has 1 aromatic heterocycles. The normalized spacial score (nSPS) is 11.6. The summed E-state index contributed by atoms with van der Waals surface area (Å²) in [6, 6.07) is 0.761. The van der Waals surface area contributed by atoms with Gasteiger partial charge >= 0.3 is 12.3 Å². The Hall–Kier alpha value is -1.20. The molecule has 0 bridgehead atoms. The average molecular weight is 425 g/mol. The van der Waals surface area contributed by atoms with Crippen LogP contribution in [0.4, 0.5) is 22.0 Å². The highest BCUT2D eigenvalue weighted by molar-refractivity contribution is 14.1. The number of halogens is 6. The summed E-state index contributed by atoms with van der Waals surface area (Å²) >= 11 is 1.37. The van der Waals surface area contributed by atoms with Crippen LogP contribution >= 0.6 is 22.6 Å². The van der Waals surface area contributed by atoms with Gasteiger partial charge in [0, 0.05) is 5.56 Å². The van der Waals surface area contributed by atoms with Crippen LogP contribution in [0.15, 0.2) is 6.07 Å². The zero-order valence-corrected chi connectivity index (χ0v) is 12.7. The predicted octanol–water partition coefficient (Wildman–Crippen LogP) is 3.63. The maximum absolute atomic E-state index is 12.7. The third-order valence-electron chi connectivity index (χ3n) is 2.13. The number of nitrogens with zero attached hydrogens (tertiary/aromatic N) is 1. The summed E-state index contributed by atoms with van der Waals surface area (Å²) in [7, 11) is 0. The first-order valence-electron chi connectivity index (χ1n) is 5.52. The van der Waals surface area contributed by atoms with E-state index in [1.165, 1.54) is 29.5 Å². The lowest BCUT2D eigenvalue weighted by molar-refractivity contribution is -0.276. The number of rotatable bonds is 5. The Labute approximate surface area is 129 Å². The van der Waals surface area contributed by atoms with Gasteiger partial charge in [-0.05, 0) is 35.6 Å². The number of ether oxygens (including phenoxy) is 2. The van der Waals surface area contributed by atoms with Crippen LogP contribution in [0.25, 0.3) is 0 Å². The summed E-state index contributed by atoms with van der Waals surface area (Å²) in [5.74, 6) is -1.81. The summed E-state index contributed by atoms with van der Waals surface area (Å²) < 4.78 is 70.2. The van der Waals surface area contributed by atoms with Gasteiger partial charge < -0.3 is 9.47 Å². The van der Waals surface area contributed by atoms with Crippen molar-refractivity contribution in [3.8, 4) is 5.88 Å². The molecule has 0 aliphatic carbocycles. The maximum Gasteiger partial charge on any atom is 0.574 e. The van der Waals surface area contributed by atoms with Crippen LogP contribution in [0.5, 0.6) is 5.88 Å². The van der Waals surface area contributed by atoms with E-state index in [1.807, 2.05) is 0 Å². The Balaban J connectivity index is 3.20. The van der Waals surface area contributed by atoms with Gasteiger partial charge in [-0.3, -0.25) is 4.79 Å². The zero-order chi connectivity index (χ0) is 16.2. The van der Waals surface area contributed by atoms with Crippen molar-refractivity contribution >= 4 is 28.6 Å². The molecule has 0 N–H and O–H groups in total. The lowest BCUT2D eigenvalue weighted by atomic mass is 10.1. The van der Waals surface area contributed by atoms with Gasteiger partial charge in [-0.2, -0.15) is 0 Å². The van der Waals surface area contributed by atoms with Crippen LogP contribution in [0.1, 0.15) is 24.5 Å². The maximum atomic E-state index is 12.7. The van der Waals surface area contributed by atoms with Gasteiger partial charge in [-0.25, -0.2) is 13.8 Å². The van der Waals surface area contributed by atoms with Gasteiger partial charge in [0.25, 0.3) is 6.43 Å². The van der Waals surface area contributed by atoms with Crippen molar-refractivity contribution in [3.63, 3.8) is 0 Å². The molecule has 0 amide bonds. The molecule has 0 aliphatic heterocycles. The lowest BCUT2D eigenvalue weighted by Gasteiger charge is -2.14. The molecule has 0 radical (unpaired) electrons. The molecule has 10 heteroatoms.